The summed E-state index contributed by atoms with van der Waals surface area (Å²) in [5.41, 5.74) is 0.856. The van der Waals surface area contributed by atoms with Crippen LogP contribution in [0.3, 0.4) is 0 Å². The Balaban J connectivity index is 1.99. The molecule has 2 amide bonds. The van der Waals surface area contributed by atoms with E-state index in [1.807, 2.05) is 17.5 Å². The van der Waals surface area contributed by atoms with Crippen LogP contribution in [-0.2, 0) is 16.1 Å². The van der Waals surface area contributed by atoms with Crippen LogP contribution in [0.25, 0.3) is 0 Å². The lowest BCUT2D eigenvalue weighted by atomic mass is 10.1. The maximum Gasteiger partial charge on any atom is 0.225 e. The van der Waals surface area contributed by atoms with Crippen molar-refractivity contribution in [3.8, 4) is 0 Å². The molecule has 0 bridgehead atoms. The number of nitrogens with zero attached hydrogens (tertiary/aromatic N) is 1. The van der Waals surface area contributed by atoms with Crippen LogP contribution in [0.1, 0.15) is 29.8 Å². The van der Waals surface area contributed by atoms with Gasteiger partial charge in [-0.15, -0.1) is 11.3 Å². The molecule has 0 aliphatic rings. The van der Waals surface area contributed by atoms with Crippen molar-refractivity contribution in [2.45, 2.75) is 25.9 Å². The van der Waals surface area contributed by atoms with Crippen molar-refractivity contribution in [1.29, 1.82) is 0 Å². The average Bonchev–Trinajstić information content (AvgIpc) is 3.02. The largest absolute Gasteiger partial charge is 0.348 e. The van der Waals surface area contributed by atoms with Gasteiger partial charge in [0.05, 0.1) is 12.5 Å². The van der Waals surface area contributed by atoms with E-state index >= 15 is 0 Å². The maximum atomic E-state index is 12.9. The Labute approximate surface area is 138 Å². The molecule has 122 valence electrons. The van der Waals surface area contributed by atoms with Gasteiger partial charge in [0, 0.05) is 25.4 Å². The molecule has 1 atom stereocenters. The van der Waals surface area contributed by atoms with E-state index < -0.39 is 0 Å². The zero-order valence-electron chi connectivity index (χ0n) is 13.1. The minimum atomic E-state index is -0.323. The van der Waals surface area contributed by atoms with Crippen molar-refractivity contribution in [3.05, 3.63) is 58.0 Å². The molecule has 1 aromatic carbocycles. The topological polar surface area (TPSA) is 49.4 Å². The molecule has 0 radical (unpaired) electrons. The lowest BCUT2D eigenvalue weighted by Crippen LogP contribution is -2.33. The van der Waals surface area contributed by atoms with E-state index in [1.54, 1.807) is 24.1 Å². The summed E-state index contributed by atoms with van der Waals surface area (Å²) in [4.78, 5) is 26.3. The molecular weight excluding hydrogens is 315 g/mol. The number of thiophene rings is 1. The number of amides is 2. The van der Waals surface area contributed by atoms with Crippen LogP contribution >= 0.6 is 11.3 Å². The molecule has 2 rings (SSSR count). The summed E-state index contributed by atoms with van der Waals surface area (Å²) >= 11 is 1.51. The Bertz CT molecular complexity index is 656. The number of halogens is 1. The number of hydrogen-bond acceptors (Lipinski definition) is 3. The van der Waals surface area contributed by atoms with Crippen LogP contribution in [0, 0.1) is 5.82 Å². The highest BCUT2D eigenvalue weighted by Crippen LogP contribution is 2.23. The molecule has 0 fully saturated rings. The van der Waals surface area contributed by atoms with Gasteiger partial charge in [-0.1, -0.05) is 18.2 Å². The fraction of sp³-hybridized carbons (Fsp3) is 0.294. The van der Waals surface area contributed by atoms with Gasteiger partial charge in [-0.3, -0.25) is 9.59 Å². The molecule has 1 aromatic heterocycles. The molecule has 23 heavy (non-hydrogen) atoms. The summed E-state index contributed by atoms with van der Waals surface area (Å²) in [6.07, 6.45) is 0.192. The van der Waals surface area contributed by atoms with Gasteiger partial charge >= 0.3 is 0 Å². The van der Waals surface area contributed by atoms with Crippen LogP contribution in [-0.4, -0.2) is 23.8 Å². The zero-order valence-corrected chi connectivity index (χ0v) is 13.9. The summed E-state index contributed by atoms with van der Waals surface area (Å²) < 4.78 is 12.9. The van der Waals surface area contributed by atoms with E-state index in [4.69, 9.17) is 0 Å². The Morgan fingerprint density at radius 3 is 2.52 bits per heavy atom. The molecule has 1 N–H and O–H groups in total. The second kappa shape index (κ2) is 7.87. The third-order valence-electron chi connectivity index (χ3n) is 3.40. The van der Waals surface area contributed by atoms with Gasteiger partial charge in [0.25, 0.3) is 0 Å². The van der Waals surface area contributed by atoms with E-state index in [9.17, 15) is 14.0 Å². The van der Waals surface area contributed by atoms with Crippen molar-refractivity contribution in [2.75, 3.05) is 7.05 Å². The van der Waals surface area contributed by atoms with Crippen LogP contribution < -0.4 is 5.32 Å². The number of nitrogens with one attached hydrogen (secondary N) is 1. The Hall–Kier alpha value is -2.21. The van der Waals surface area contributed by atoms with Crippen molar-refractivity contribution in [1.82, 2.24) is 10.2 Å². The Morgan fingerprint density at radius 1 is 1.26 bits per heavy atom. The molecule has 0 aliphatic carbocycles. The SMILES string of the molecule is CC(=O)NC(CC(=O)N(C)Cc1ccc(F)cc1)c1cccs1. The van der Waals surface area contributed by atoms with E-state index in [0.29, 0.717) is 6.54 Å². The Kier molecular flexibility index (Phi) is 5.87. The molecule has 0 saturated heterocycles. The standard InChI is InChI=1S/C17H19FN2O2S/c1-12(21)19-15(16-4-3-9-23-16)10-17(22)20(2)11-13-5-7-14(18)8-6-13/h3-9,15H,10-11H2,1-2H3,(H,19,21). The van der Waals surface area contributed by atoms with Crippen molar-refractivity contribution < 1.29 is 14.0 Å². The fourth-order valence-corrected chi connectivity index (χ4v) is 3.02. The van der Waals surface area contributed by atoms with E-state index in [2.05, 4.69) is 5.32 Å². The number of carbonyl (C=O) groups is 2. The summed E-state index contributed by atoms with van der Waals surface area (Å²) in [6.45, 7) is 1.84. The predicted octanol–water partition coefficient (Wildman–Crippen LogP) is 3.11. The van der Waals surface area contributed by atoms with Gasteiger partial charge in [0.1, 0.15) is 5.82 Å². The smallest absolute Gasteiger partial charge is 0.225 e. The van der Waals surface area contributed by atoms with E-state index in [0.717, 1.165) is 10.4 Å². The van der Waals surface area contributed by atoms with Gasteiger partial charge in [-0.2, -0.15) is 0 Å². The van der Waals surface area contributed by atoms with Gasteiger partial charge < -0.3 is 10.2 Å². The second-order valence-corrected chi connectivity index (χ2v) is 6.33. The first-order valence-electron chi connectivity index (χ1n) is 7.24. The van der Waals surface area contributed by atoms with Crippen molar-refractivity contribution in [3.63, 3.8) is 0 Å². The normalized spacial score (nSPS) is 11.8. The number of hydrogen-bond donors (Lipinski definition) is 1. The van der Waals surface area contributed by atoms with Gasteiger partial charge in [-0.25, -0.2) is 4.39 Å². The Morgan fingerprint density at radius 2 is 1.96 bits per heavy atom. The quantitative estimate of drug-likeness (QED) is 0.882. The highest BCUT2D eigenvalue weighted by atomic mass is 32.1. The van der Waals surface area contributed by atoms with Crippen LogP contribution in [0.15, 0.2) is 41.8 Å². The van der Waals surface area contributed by atoms with Gasteiger partial charge in [0.2, 0.25) is 11.8 Å². The van der Waals surface area contributed by atoms with E-state index in [-0.39, 0.29) is 30.1 Å². The molecule has 0 spiro atoms. The minimum Gasteiger partial charge on any atom is -0.348 e. The zero-order chi connectivity index (χ0) is 16.8. The predicted molar refractivity (Wildman–Crippen MR) is 88.4 cm³/mol. The molecule has 6 heteroatoms. The molecule has 0 aliphatic heterocycles. The van der Waals surface area contributed by atoms with Crippen LogP contribution in [0.5, 0.6) is 0 Å². The molecule has 4 nitrogen and oxygen atoms in total. The van der Waals surface area contributed by atoms with Gasteiger partial charge in [0.15, 0.2) is 0 Å². The molecule has 1 heterocycles. The summed E-state index contributed by atoms with van der Waals surface area (Å²) in [7, 11) is 1.70. The number of rotatable bonds is 6. The lowest BCUT2D eigenvalue weighted by Gasteiger charge is -2.21. The van der Waals surface area contributed by atoms with Gasteiger partial charge in [-0.05, 0) is 29.1 Å². The first-order valence-corrected chi connectivity index (χ1v) is 8.12. The molecule has 2 aromatic rings. The van der Waals surface area contributed by atoms with Crippen molar-refractivity contribution in [2.24, 2.45) is 0 Å². The summed E-state index contributed by atoms with van der Waals surface area (Å²) in [5.74, 6) is -0.551. The number of carbonyl (C=O) groups excluding carboxylic acids is 2. The van der Waals surface area contributed by atoms with Crippen LogP contribution in [0.2, 0.25) is 0 Å². The molecule has 0 saturated carbocycles. The third kappa shape index (κ3) is 5.17. The summed E-state index contributed by atoms with van der Waals surface area (Å²) in [5, 5.41) is 4.73. The first-order chi connectivity index (χ1) is 11.0. The average molecular weight is 334 g/mol. The lowest BCUT2D eigenvalue weighted by molar-refractivity contribution is -0.131. The first kappa shape index (κ1) is 17.1. The molecule has 1 unspecified atom stereocenters. The number of benzene rings is 1. The fourth-order valence-electron chi connectivity index (χ4n) is 2.24. The highest BCUT2D eigenvalue weighted by Gasteiger charge is 2.20. The minimum absolute atomic E-state index is 0.0820. The van der Waals surface area contributed by atoms with Crippen LogP contribution in [0.4, 0.5) is 4.39 Å². The van der Waals surface area contributed by atoms with Crippen molar-refractivity contribution >= 4 is 23.2 Å². The second-order valence-electron chi connectivity index (χ2n) is 5.35. The summed E-state index contributed by atoms with van der Waals surface area (Å²) in [6, 6.07) is 9.53. The maximum absolute atomic E-state index is 12.9. The monoisotopic (exact) mass is 334 g/mol. The molecular formula is C17H19FN2O2S. The highest BCUT2D eigenvalue weighted by molar-refractivity contribution is 7.10. The third-order valence-corrected chi connectivity index (χ3v) is 4.39. The van der Waals surface area contributed by atoms with E-state index in [1.165, 1.54) is 30.4 Å².